The fourth-order valence-electron chi connectivity index (χ4n) is 3.00. The molecule has 0 spiro atoms. The molecule has 4 heteroatoms. The first-order valence-corrected chi connectivity index (χ1v) is 8.12. The molecule has 1 aliphatic rings. The Morgan fingerprint density at radius 3 is 2.45 bits per heavy atom. The number of methoxy groups -OCH3 is 2. The molecule has 0 unspecified atom stereocenters. The minimum absolute atomic E-state index is 0.148. The van der Waals surface area contributed by atoms with Crippen LogP contribution in [-0.2, 0) is 11.2 Å². The van der Waals surface area contributed by atoms with Gasteiger partial charge in [0.1, 0.15) is 0 Å². The summed E-state index contributed by atoms with van der Waals surface area (Å²) in [6.45, 7) is 2.29. The molecule has 22 heavy (non-hydrogen) atoms. The van der Waals surface area contributed by atoms with Crippen LogP contribution in [0.1, 0.15) is 44.6 Å². The molecular weight excluding hydrogens is 278 g/mol. The maximum absolute atomic E-state index is 12.1. The number of aryl methyl sites for hydroxylation is 1. The predicted molar refractivity (Wildman–Crippen MR) is 87.4 cm³/mol. The average Bonchev–Trinajstić information content (AvgIpc) is 2.54. The molecular formula is C18H27NO3. The Hall–Kier alpha value is -1.71. The minimum Gasteiger partial charge on any atom is -0.493 e. The SMILES string of the molecule is COc1ccc(CCC(=O)NC2CCC(C)CC2)cc1OC. The van der Waals surface area contributed by atoms with Gasteiger partial charge in [-0.05, 0) is 55.7 Å². The van der Waals surface area contributed by atoms with Crippen molar-refractivity contribution in [1.29, 1.82) is 0 Å². The van der Waals surface area contributed by atoms with E-state index in [0.717, 1.165) is 30.7 Å². The maximum Gasteiger partial charge on any atom is 0.220 e. The molecule has 1 saturated carbocycles. The standard InChI is InChI=1S/C18H27NO3/c1-13-4-8-15(9-5-13)19-18(20)11-7-14-6-10-16(21-2)17(12-14)22-3/h6,10,12-13,15H,4-5,7-9,11H2,1-3H3,(H,19,20). The van der Waals surface area contributed by atoms with E-state index < -0.39 is 0 Å². The third-order valence-electron chi connectivity index (χ3n) is 4.47. The minimum atomic E-state index is 0.148. The lowest BCUT2D eigenvalue weighted by Gasteiger charge is -2.26. The summed E-state index contributed by atoms with van der Waals surface area (Å²) >= 11 is 0. The molecule has 1 fully saturated rings. The molecule has 1 N–H and O–H groups in total. The highest BCUT2D eigenvalue weighted by molar-refractivity contribution is 5.76. The van der Waals surface area contributed by atoms with E-state index >= 15 is 0 Å². The number of nitrogens with one attached hydrogen (secondary N) is 1. The molecule has 1 aromatic rings. The van der Waals surface area contributed by atoms with Gasteiger partial charge in [-0.2, -0.15) is 0 Å². The molecule has 122 valence electrons. The monoisotopic (exact) mass is 305 g/mol. The third kappa shape index (κ3) is 4.65. The Morgan fingerprint density at radius 1 is 1.14 bits per heavy atom. The molecule has 1 aromatic carbocycles. The van der Waals surface area contributed by atoms with Crippen LogP contribution in [0.5, 0.6) is 11.5 Å². The fourth-order valence-corrected chi connectivity index (χ4v) is 3.00. The van der Waals surface area contributed by atoms with Gasteiger partial charge >= 0.3 is 0 Å². The highest BCUT2D eigenvalue weighted by Gasteiger charge is 2.19. The first-order valence-electron chi connectivity index (χ1n) is 8.12. The Labute approximate surface area is 133 Å². The second-order valence-electron chi connectivity index (χ2n) is 6.21. The van der Waals surface area contributed by atoms with Gasteiger partial charge in [0, 0.05) is 12.5 Å². The molecule has 4 nitrogen and oxygen atoms in total. The van der Waals surface area contributed by atoms with E-state index in [1.54, 1.807) is 14.2 Å². The van der Waals surface area contributed by atoms with Crippen LogP contribution >= 0.6 is 0 Å². The molecule has 2 rings (SSSR count). The van der Waals surface area contributed by atoms with Crippen molar-refractivity contribution in [3.63, 3.8) is 0 Å². The van der Waals surface area contributed by atoms with Gasteiger partial charge in [0.25, 0.3) is 0 Å². The van der Waals surface area contributed by atoms with Crippen LogP contribution in [0.4, 0.5) is 0 Å². The first-order chi connectivity index (χ1) is 10.6. The second kappa shape index (κ2) is 8.06. The second-order valence-corrected chi connectivity index (χ2v) is 6.21. The summed E-state index contributed by atoms with van der Waals surface area (Å²) in [6, 6.07) is 6.18. The Balaban J connectivity index is 1.81. The number of amides is 1. The topological polar surface area (TPSA) is 47.6 Å². The number of hydrogen-bond donors (Lipinski definition) is 1. The first kappa shape index (κ1) is 16.7. The summed E-state index contributed by atoms with van der Waals surface area (Å²) < 4.78 is 10.5. The summed E-state index contributed by atoms with van der Waals surface area (Å²) in [5.74, 6) is 2.38. The molecule has 1 aliphatic carbocycles. The van der Waals surface area contributed by atoms with Crippen LogP contribution in [0.3, 0.4) is 0 Å². The van der Waals surface area contributed by atoms with Crippen molar-refractivity contribution in [2.24, 2.45) is 5.92 Å². The largest absolute Gasteiger partial charge is 0.493 e. The lowest BCUT2D eigenvalue weighted by Crippen LogP contribution is -2.37. The van der Waals surface area contributed by atoms with E-state index in [2.05, 4.69) is 12.2 Å². The molecule has 0 bridgehead atoms. The summed E-state index contributed by atoms with van der Waals surface area (Å²) in [4.78, 5) is 12.1. The van der Waals surface area contributed by atoms with Gasteiger partial charge in [-0.3, -0.25) is 4.79 Å². The number of ether oxygens (including phenoxy) is 2. The van der Waals surface area contributed by atoms with Crippen molar-refractivity contribution in [2.45, 2.75) is 51.5 Å². The van der Waals surface area contributed by atoms with Crippen molar-refractivity contribution >= 4 is 5.91 Å². The molecule has 0 heterocycles. The van der Waals surface area contributed by atoms with Crippen molar-refractivity contribution in [2.75, 3.05) is 14.2 Å². The van der Waals surface area contributed by atoms with E-state index in [9.17, 15) is 4.79 Å². The average molecular weight is 305 g/mol. The van der Waals surface area contributed by atoms with Gasteiger partial charge in [0.15, 0.2) is 11.5 Å². The van der Waals surface area contributed by atoms with Crippen LogP contribution < -0.4 is 14.8 Å². The molecule has 0 aliphatic heterocycles. The fraction of sp³-hybridized carbons (Fsp3) is 0.611. The smallest absolute Gasteiger partial charge is 0.220 e. The molecule has 0 aromatic heterocycles. The summed E-state index contributed by atoms with van der Waals surface area (Å²) in [7, 11) is 3.24. The number of benzene rings is 1. The molecule has 0 radical (unpaired) electrons. The highest BCUT2D eigenvalue weighted by Crippen LogP contribution is 2.28. The van der Waals surface area contributed by atoms with Crippen molar-refractivity contribution < 1.29 is 14.3 Å². The number of carbonyl (C=O) groups excluding carboxylic acids is 1. The van der Waals surface area contributed by atoms with Crippen LogP contribution in [-0.4, -0.2) is 26.2 Å². The van der Waals surface area contributed by atoms with Crippen LogP contribution in [0, 0.1) is 5.92 Å². The normalized spacial score (nSPS) is 21.2. The molecule has 0 atom stereocenters. The third-order valence-corrected chi connectivity index (χ3v) is 4.47. The molecule has 1 amide bonds. The van der Waals surface area contributed by atoms with E-state index in [0.29, 0.717) is 24.0 Å². The van der Waals surface area contributed by atoms with E-state index in [-0.39, 0.29) is 5.91 Å². The van der Waals surface area contributed by atoms with E-state index in [1.807, 2.05) is 18.2 Å². The van der Waals surface area contributed by atoms with Gasteiger partial charge in [0.05, 0.1) is 14.2 Å². The number of carbonyl (C=O) groups is 1. The Bertz CT molecular complexity index is 493. The molecule has 0 saturated heterocycles. The summed E-state index contributed by atoms with van der Waals surface area (Å²) in [5.41, 5.74) is 1.09. The van der Waals surface area contributed by atoms with Gasteiger partial charge in [-0.25, -0.2) is 0 Å². The van der Waals surface area contributed by atoms with Gasteiger partial charge in [-0.15, -0.1) is 0 Å². The summed E-state index contributed by atoms with van der Waals surface area (Å²) in [6.07, 6.45) is 5.91. The lowest BCUT2D eigenvalue weighted by atomic mass is 9.87. The highest BCUT2D eigenvalue weighted by atomic mass is 16.5. The van der Waals surface area contributed by atoms with Crippen molar-refractivity contribution in [1.82, 2.24) is 5.32 Å². The quantitative estimate of drug-likeness (QED) is 0.877. The van der Waals surface area contributed by atoms with E-state index in [4.69, 9.17) is 9.47 Å². The maximum atomic E-state index is 12.1. The zero-order valence-electron chi connectivity index (χ0n) is 13.9. The van der Waals surface area contributed by atoms with Crippen molar-refractivity contribution in [3.8, 4) is 11.5 Å². The van der Waals surface area contributed by atoms with E-state index in [1.165, 1.54) is 12.8 Å². The predicted octanol–water partition coefficient (Wildman–Crippen LogP) is 3.33. The Kier molecular flexibility index (Phi) is 6.10. The van der Waals surface area contributed by atoms with Crippen LogP contribution in [0.2, 0.25) is 0 Å². The van der Waals surface area contributed by atoms with Crippen LogP contribution in [0.25, 0.3) is 0 Å². The Morgan fingerprint density at radius 2 is 1.82 bits per heavy atom. The number of hydrogen-bond acceptors (Lipinski definition) is 3. The van der Waals surface area contributed by atoms with Crippen LogP contribution in [0.15, 0.2) is 18.2 Å². The number of rotatable bonds is 6. The van der Waals surface area contributed by atoms with Gasteiger partial charge < -0.3 is 14.8 Å². The zero-order chi connectivity index (χ0) is 15.9. The zero-order valence-corrected chi connectivity index (χ0v) is 13.9. The van der Waals surface area contributed by atoms with Crippen molar-refractivity contribution in [3.05, 3.63) is 23.8 Å². The summed E-state index contributed by atoms with van der Waals surface area (Å²) in [5, 5.41) is 3.17. The lowest BCUT2D eigenvalue weighted by molar-refractivity contribution is -0.122. The van der Waals surface area contributed by atoms with Gasteiger partial charge in [-0.1, -0.05) is 13.0 Å². The van der Waals surface area contributed by atoms with Gasteiger partial charge in [0.2, 0.25) is 5.91 Å².